The third-order valence-corrected chi connectivity index (χ3v) is 5.85. The number of guanidine groups is 1. The quantitative estimate of drug-likeness (QED) is 0.392. The van der Waals surface area contributed by atoms with Gasteiger partial charge in [-0.1, -0.05) is 0 Å². The maximum absolute atomic E-state index is 5.52. The highest BCUT2D eigenvalue weighted by Crippen LogP contribution is 2.33. The molecule has 1 unspecified atom stereocenters. The highest BCUT2D eigenvalue weighted by molar-refractivity contribution is 14.0. The number of nitrogens with one attached hydrogen (secondary N) is 2. The van der Waals surface area contributed by atoms with Crippen molar-refractivity contribution in [2.75, 3.05) is 51.4 Å². The molecule has 2 aliphatic rings. The zero-order valence-corrected chi connectivity index (χ0v) is 17.3. The molecule has 0 bridgehead atoms. The van der Waals surface area contributed by atoms with Crippen LogP contribution in [0.1, 0.15) is 12.0 Å². The van der Waals surface area contributed by atoms with Gasteiger partial charge in [-0.3, -0.25) is 9.89 Å². The number of hydrogen-bond acceptors (Lipinski definition) is 5. The summed E-state index contributed by atoms with van der Waals surface area (Å²) in [6.07, 6.45) is 4.67. The molecule has 136 valence electrons. The fourth-order valence-corrected chi connectivity index (χ4v) is 4.66. The maximum Gasteiger partial charge on any atom is 0.191 e. The lowest BCUT2D eigenvalue weighted by molar-refractivity contribution is -0.0120. The van der Waals surface area contributed by atoms with Crippen LogP contribution in [0.2, 0.25) is 0 Å². The van der Waals surface area contributed by atoms with E-state index in [4.69, 9.17) is 9.15 Å². The van der Waals surface area contributed by atoms with Gasteiger partial charge >= 0.3 is 0 Å². The molecule has 0 aromatic carbocycles. The molecule has 3 heterocycles. The number of furan rings is 1. The van der Waals surface area contributed by atoms with Gasteiger partial charge in [-0.25, -0.2) is 0 Å². The minimum Gasteiger partial charge on any atom is -0.472 e. The smallest absolute Gasteiger partial charge is 0.191 e. The number of rotatable bonds is 5. The van der Waals surface area contributed by atoms with E-state index in [2.05, 4.69) is 32.3 Å². The zero-order chi connectivity index (χ0) is 16.0. The number of halogens is 1. The highest BCUT2D eigenvalue weighted by atomic mass is 127. The molecule has 1 atom stereocenters. The van der Waals surface area contributed by atoms with Gasteiger partial charge in [0.05, 0.1) is 25.7 Å². The van der Waals surface area contributed by atoms with Crippen LogP contribution in [0, 0.1) is 0 Å². The van der Waals surface area contributed by atoms with Gasteiger partial charge in [-0.05, 0) is 18.2 Å². The predicted octanol–water partition coefficient (Wildman–Crippen LogP) is 1.77. The largest absolute Gasteiger partial charge is 0.472 e. The Balaban J connectivity index is 0.00000208. The first-order chi connectivity index (χ1) is 11.3. The summed E-state index contributed by atoms with van der Waals surface area (Å²) in [5.74, 6) is 3.26. The molecular weight excluding hydrogens is 439 g/mol. The van der Waals surface area contributed by atoms with E-state index in [0.717, 1.165) is 50.9 Å². The second kappa shape index (κ2) is 9.88. The van der Waals surface area contributed by atoms with Gasteiger partial charge in [-0.15, -0.1) is 24.0 Å². The van der Waals surface area contributed by atoms with Crippen LogP contribution in [0.15, 0.2) is 28.0 Å². The molecule has 1 aromatic heterocycles. The second-order valence-corrected chi connectivity index (χ2v) is 7.14. The molecule has 2 fully saturated rings. The summed E-state index contributed by atoms with van der Waals surface area (Å²) in [6, 6.07) is 1.96. The number of nitrogens with zero attached hydrogens (tertiary/aromatic N) is 2. The molecule has 2 N–H and O–H groups in total. The van der Waals surface area contributed by atoms with Gasteiger partial charge < -0.3 is 19.8 Å². The monoisotopic (exact) mass is 466 g/mol. The predicted molar refractivity (Wildman–Crippen MR) is 109 cm³/mol. The van der Waals surface area contributed by atoms with E-state index >= 15 is 0 Å². The van der Waals surface area contributed by atoms with Gasteiger partial charge in [0.25, 0.3) is 0 Å². The molecule has 1 aromatic rings. The molecule has 3 rings (SSSR count). The van der Waals surface area contributed by atoms with E-state index in [9.17, 15) is 0 Å². The third-order valence-electron chi connectivity index (χ3n) is 4.61. The van der Waals surface area contributed by atoms with Crippen LogP contribution in [-0.4, -0.2) is 67.8 Å². The average Bonchev–Trinajstić information content (AvgIpc) is 3.28. The third kappa shape index (κ3) is 5.03. The van der Waals surface area contributed by atoms with Crippen LogP contribution in [0.5, 0.6) is 0 Å². The van der Waals surface area contributed by atoms with E-state index in [1.54, 1.807) is 12.5 Å². The molecule has 8 heteroatoms. The van der Waals surface area contributed by atoms with Gasteiger partial charge in [0.1, 0.15) is 0 Å². The fraction of sp³-hybridized carbons (Fsp3) is 0.688. The lowest BCUT2D eigenvalue weighted by Crippen LogP contribution is -2.60. The average molecular weight is 466 g/mol. The Morgan fingerprint density at radius 3 is 2.83 bits per heavy atom. The van der Waals surface area contributed by atoms with Crippen LogP contribution in [0.3, 0.4) is 0 Å². The Bertz CT molecular complexity index is 500. The lowest BCUT2D eigenvalue weighted by atomic mass is 9.95. The summed E-state index contributed by atoms with van der Waals surface area (Å²) < 4.78 is 10.6. The van der Waals surface area contributed by atoms with Crippen molar-refractivity contribution in [3.63, 3.8) is 0 Å². The van der Waals surface area contributed by atoms with Crippen molar-refractivity contribution in [2.24, 2.45) is 4.99 Å². The number of ether oxygens (including phenoxy) is 1. The molecule has 0 amide bonds. The molecule has 24 heavy (non-hydrogen) atoms. The van der Waals surface area contributed by atoms with Crippen LogP contribution < -0.4 is 10.6 Å². The Hall–Kier alpha value is -0.450. The maximum atomic E-state index is 5.52. The van der Waals surface area contributed by atoms with E-state index in [1.807, 2.05) is 13.1 Å². The summed E-state index contributed by atoms with van der Waals surface area (Å²) in [5.41, 5.74) is 1.34. The lowest BCUT2D eigenvalue weighted by Gasteiger charge is -2.43. The Labute approximate surface area is 165 Å². The molecule has 0 aliphatic carbocycles. The molecule has 2 saturated heterocycles. The zero-order valence-electron chi connectivity index (χ0n) is 14.1. The highest BCUT2D eigenvalue weighted by Gasteiger charge is 2.40. The number of thioether (sulfide) groups is 1. The number of aliphatic imine (C=N–C) groups is 1. The Kier molecular flexibility index (Phi) is 8.18. The fourth-order valence-electron chi connectivity index (χ4n) is 3.18. The van der Waals surface area contributed by atoms with Gasteiger partial charge in [0, 0.05) is 50.1 Å². The first-order valence-corrected chi connectivity index (χ1v) is 9.34. The van der Waals surface area contributed by atoms with E-state index < -0.39 is 0 Å². The summed E-state index contributed by atoms with van der Waals surface area (Å²) in [4.78, 5) is 6.94. The van der Waals surface area contributed by atoms with Crippen LogP contribution >= 0.6 is 35.7 Å². The molecule has 0 spiro atoms. The SMILES string of the molecule is CN=C(NCc1ccoc1)NCC1(N2CCOCC2)CCSC1.I. The van der Waals surface area contributed by atoms with Crippen LogP contribution in [0.4, 0.5) is 0 Å². The summed E-state index contributed by atoms with van der Waals surface area (Å²) in [7, 11) is 1.81. The minimum absolute atomic E-state index is 0. The van der Waals surface area contributed by atoms with E-state index in [-0.39, 0.29) is 29.5 Å². The molecule has 6 nitrogen and oxygen atoms in total. The first kappa shape index (κ1) is 19.9. The summed E-state index contributed by atoms with van der Waals surface area (Å²) in [5, 5.41) is 6.87. The van der Waals surface area contributed by atoms with E-state index in [0.29, 0.717) is 0 Å². The van der Waals surface area contributed by atoms with Gasteiger partial charge in [0.15, 0.2) is 5.96 Å². The normalized spacial score (nSPS) is 25.3. The van der Waals surface area contributed by atoms with Crippen LogP contribution in [-0.2, 0) is 11.3 Å². The minimum atomic E-state index is 0. The molecule has 0 saturated carbocycles. The standard InChI is InChI=1S/C16H26N4O2S.HI/c1-17-15(18-10-14-2-6-22-11-14)19-12-16(3-9-23-13-16)20-4-7-21-8-5-20;/h2,6,11H,3-5,7-10,12-13H2,1H3,(H2,17,18,19);1H. The Morgan fingerprint density at radius 1 is 1.38 bits per heavy atom. The van der Waals surface area contributed by atoms with Crippen molar-refractivity contribution in [2.45, 2.75) is 18.5 Å². The van der Waals surface area contributed by atoms with Gasteiger partial charge in [0.2, 0.25) is 0 Å². The molecular formula is C16H27IN4O2S. The van der Waals surface area contributed by atoms with Crippen molar-refractivity contribution in [1.82, 2.24) is 15.5 Å². The van der Waals surface area contributed by atoms with Crippen molar-refractivity contribution in [1.29, 1.82) is 0 Å². The van der Waals surface area contributed by atoms with Crippen molar-refractivity contribution in [3.8, 4) is 0 Å². The van der Waals surface area contributed by atoms with Crippen molar-refractivity contribution < 1.29 is 9.15 Å². The summed E-state index contributed by atoms with van der Waals surface area (Å²) >= 11 is 2.05. The number of morpholine rings is 1. The van der Waals surface area contributed by atoms with Crippen LogP contribution in [0.25, 0.3) is 0 Å². The first-order valence-electron chi connectivity index (χ1n) is 8.18. The topological polar surface area (TPSA) is 62.0 Å². The second-order valence-electron chi connectivity index (χ2n) is 6.04. The Morgan fingerprint density at radius 2 is 2.21 bits per heavy atom. The van der Waals surface area contributed by atoms with Crippen molar-refractivity contribution in [3.05, 3.63) is 24.2 Å². The number of hydrogen-bond donors (Lipinski definition) is 2. The van der Waals surface area contributed by atoms with Gasteiger partial charge in [-0.2, -0.15) is 11.8 Å². The summed E-state index contributed by atoms with van der Waals surface area (Å²) in [6.45, 7) is 5.40. The molecule has 0 radical (unpaired) electrons. The molecule has 2 aliphatic heterocycles. The van der Waals surface area contributed by atoms with E-state index in [1.165, 1.54) is 17.9 Å². The van der Waals surface area contributed by atoms with Crippen molar-refractivity contribution >= 4 is 41.7 Å².